The highest BCUT2D eigenvalue weighted by atomic mass is 35.5. The second-order valence-corrected chi connectivity index (χ2v) is 7.25. The second kappa shape index (κ2) is 9.01. The van der Waals surface area contributed by atoms with Gasteiger partial charge in [0.05, 0.1) is 11.8 Å². The van der Waals surface area contributed by atoms with Crippen molar-refractivity contribution in [3.63, 3.8) is 0 Å². The zero-order valence-electron chi connectivity index (χ0n) is 15.2. The molecule has 8 heteroatoms. The van der Waals surface area contributed by atoms with Gasteiger partial charge in [-0.3, -0.25) is 24.1 Å². The minimum atomic E-state index is -0.779. The molecule has 1 saturated heterocycles. The highest BCUT2D eigenvalue weighted by molar-refractivity contribution is 6.30. The van der Waals surface area contributed by atoms with Crippen LogP contribution in [0.5, 0.6) is 0 Å². The van der Waals surface area contributed by atoms with Crippen LogP contribution < -0.4 is 5.32 Å². The Morgan fingerprint density at radius 3 is 2.46 bits per heavy atom. The first-order valence-corrected chi connectivity index (χ1v) is 9.50. The first kappa shape index (κ1) is 20.1. The second-order valence-electron chi connectivity index (χ2n) is 6.81. The number of fused-ring (bicyclic) bond motifs is 1. The van der Waals surface area contributed by atoms with Crippen molar-refractivity contribution in [1.82, 2.24) is 10.2 Å². The maximum Gasteiger partial charge on any atom is 0.326 e. The van der Waals surface area contributed by atoms with Crippen molar-refractivity contribution >= 4 is 35.3 Å². The summed E-state index contributed by atoms with van der Waals surface area (Å²) < 4.78 is 4.90. The molecular formula is C20H21ClN2O5. The zero-order valence-corrected chi connectivity index (χ0v) is 16.0. The summed E-state index contributed by atoms with van der Waals surface area (Å²) >= 11 is 5.90. The first-order chi connectivity index (χ1) is 13.5. The average Bonchev–Trinajstić information content (AvgIpc) is 2.92. The summed E-state index contributed by atoms with van der Waals surface area (Å²) in [7, 11) is 0. The first-order valence-electron chi connectivity index (χ1n) is 9.12. The minimum Gasteiger partial charge on any atom is -0.454 e. The van der Waals surface area contributed by atoms with Crippen LogP contribution in [0.3, 0.4) is 0 Å². The van der Waals surface area contributed by atoms with E-state index < -0.39 is 25.0 Å². The molecule has 0 bridgehead atoms. The lowest BCUT2D eigenvalue weighted by atomic mass is 9.85. The predicted molar refractivity (Wildman–Crippen MR) is 101 cm³/mol. The van der Waals surface area contributed by atoms with Crippen molar-refractivity contribution < 1.29 is 23.9 Å². The molecular weight excluding hydrogens is 384 g/mol. The van der Waals surface area contributed by atoms with E-state index in [1.54, 1.807) is 6.07 Å². The van der Waals surface area contributed by atoms with Gasteiger partial charge >= 0.3 is 5.97 Å². The van der Waals surface area contributed by atoms with Gasteiger partial charge in [0, 0.05) is 11.6 Å². The number of halogens is 1. The molecule has 3 amide bonds. The van der Waals surface area contributed by atoms with E-state index in [1.165, 1.54) is 0 Å². The fourth-order valence-corrected chi connectivity index (χ4v) is 3.65. The number of allylic oxidation sites excluding steroid dienone is 2. The van der Waals surface area contributed by atoms with E-state index in [0.717, 1.165) is 10.5 Å². The molecule has 1 heterocycles. The van der Waals surface area contributed by atoms with Gasteiger partial charge in [0.1, 0.15) is 6.54 Å². The quantitative estimate of drug-likeness (QED) is 0.422. The van der Waals surface area contributed by atoms with Crippen LogP contribution in [-0.2, 0) is 30.3 Å². The standard InChI is InChI=1S/C20H21ClN2O5/c21-14-5-3-4-13(10-14)8-9-22-17(24)12-28-18(25)11-23-19(26)15-6-1-2-7-16(15)20(23)27/h1-5,10,15-16H,6-9,11-12H2,(H,22,24)/t15-,16-/m0/s1. The molecule has 0 aromatic heterocycles. The molecule has 1 aromatic rings. The van der Waals surface area contributed by atoms with Gasteiger partial charge in [0.2, 0.25) is 11.8 Å². The molecule has 1 aliphatic carbocycles. The van der Waals surface area contributed by atoms with E-state index in [-0.39, 0.29) is 23.7 Å². The molecule has 0 unspecified atom stereocenters. The Bertz CT molecular complexity index is 797. The summed E-state index contributed by atoms with van der Waals surface area (Å²) in [6, 6.07) is 7.30. The largest absolute Gasteiger partial charge is 0.454 e. The van der Waals surface area contributed by atoms with Crippen LogP contribution in [0.4, 0.5) is 0 Å². The highest BCUT2D eigenvalue weighted by Gasteiger charge is 2.47. The lowest BCUT2D eigenvalue weighted by Crippen LogP contribution is -2.38. The molecule has 2 atom stereocenters. The number of imide groups is 1. The van der Waals surface area contributed by atoms with Gasteiger partial charge in [-0.15, -0.1) is 0 Å². The highest BCUT2D eigenvalue weighted by Crippen LogP contribution is 2.34. The number of carbonyl (C=O) groups is 4. The lowest BCUT2D eigenvalue weighted by Gasteiger charge is -2.14. The van der Waals surface area contributed by atoms with Crippen molar-refractivity contribution in [2.24, 2.45) is 11.8 Å². The summed E-state index contributed by atoms with van der Waals surface area (Å²) in [5.74, 6) is -2.70. The fourth-order valence-electron chi connectivity index (χ4n) is 3.44. The number of ether oxygens (including phenoxy) is 1. The SMILES string of the molecule is O=C(COC(=O)CN1C(=O)[C@H]2CC=CC[C@@H]2C1=O)NCCc1cccc(Cl)c1. The van der Waals surface area contributed by atoms with Crippen molar-refractivity contribution in [1.29, 1.82) is 0 Å². The number of rotatable bonds is 7. The van der Waals surface area contributed by atoms with Gasteiger partial charge < -0.3 is 10.1 Å². The van der Waals surface area contributed by atoms with E-state index in [1.807, 2.05) is 30.4 Å². The van der Waals surface area contributed by atoms with Crippen LogP contribution in [0.15, 0.2) is 36.4 Å². The Labute approximate surface area is 167 Å². The Morgan fingerprint density at radius 2 is 1.82 bits per heavy atom. The molecule has 28 heavy (non-hydrogen) atoms. The fraction of sp³-hybridized carbons (Fsp3) is 0.400. The van der Waals surface area contributed by atoms with Crippen LogP contribution in [0.25, 0.3) is 0 Å². The van der Waals surface area contributed by atoms with Gasteiger partial charge in [0.15, 0.2) is 6.61 Å². The van der Waals surface area contributed by atoms with Crippen molar-refractivity contribution in [3.05, 3.63) is 47.0 Å². The van der Waals surface area contributed by atoms with Crippen LogP contribution >= 0.6 is 11.6 Å². The number of likely N-dealkylation sites (tertiary alicyclic amines) is 1. The zero-order chi connectivity index (χ0) is 20.1. The van der Waals surface area contributed by atoms with Gasteiger partial charge in [-0.05, 0) is 37.0 Å². The molecule has 1 aliphatic heterocycles. The number of carbonyl (C=O) groups excluding carboxylic acids is 4. The molecule has 1 fully saturated rings. The molecule has 1 N–H and O–H groups in total. The molecule has 148 valence electrons. The summed E-state index contributed by atoms with van der Waals surface area (Å²) in [6.07, 6.45) is 5.36. The van der Waals surface area contributed by atoms with Crippen LogP contribution in [0.2, 0.25) is 5.02 Å². The molecule has 0 saturated carbocycles. The van der Waals surface area contributed by atoms with Crippen LogP contribution in [0.1, 0.15) is 18.4 Å². The molecule has 0 spiro atoms. The van der Waals surface area contributed by atoms with Crippen LogP contribution in [0, 0.1) is 11.8 Å². The third-order valence-corrected chi connectivity index (χ3v) is 5.11. The Morgan fingerprint density at radius 1 is 1.14 bits per heavy atom. The molecule has 2 aliphatic rings. The monoisotopic (exact) mass is 404 g/mol. The molecule has 3 rings (SSSR count). The number of hydrogen-bond acceptors (Lipinski definition) is 5. The van der Waals surface area contributed by atoms with E-state index in [0.29, 0.717) is 30.8 Å². The topological polar surface area (TPSA) is 92.8 Å². The summed E-state index contributed by atoms with van der Waals surface area (Å²) in [4.78, 5) is 49.3. The van der Waals surface area contributed by atoms with Crippen molar-refractivity contribution in [2.75, 3.05) is 19.7 Å². The Hall–Kier alpha value is -2.67. The predicted octanol–water partition coefficient (Wildman–Crippen LogP) is 1.49. The summed E-state index contributed by atoms with van der Waals surface area (Å²) in [5.41, 5.74) is 0.979. The number of nitrogens with one attached hydrogen (secondary N) is 1. The molecule has 7 nitrogen and oxygen atoms in total. The third-order valence-electron chi connectivity index (χ3n) is 4.88. The van der Waals surface area contributed by atoms with Crippen molar-refractivity contribution in [3.8, 4) is 0 Å². The average molecular weight is 405 g/mol. The van der Waals surface area contributed by atoms with Crippen LogP contribution in [-0.4, -0.2) is 48.3 Å². The van der Waals surface area contributed by atoms with E-state index in [2.05, 4.69) is 5.32 Å². The van der Waals surface area contributed by atoms with Gasteiger partial charge in [-0.1, -0.05) is 35.9 Å². The number of benzene rings is 1. The lowest BCUT2D eigenvalue weighted by molar-refractivity contribution is -0.154. The van der Waals surface area contributed by atoms with E-state index >= 15 is 0 Å². The molecule has 0 radical (unpaired) electrons. The molecule has 1 aromatic carbocycles. The van der Waals surface area contributed by atoms with Gasteiger partial charge in [-0.2, -0.15) is 0 Å². The summed E-state index contributed by atoms with van der Waals surface area (Å²) in [6.45, 7) is -0.546. The number of esters is 1. The van der Waals surface area contributed by atoms with Gasteiger partial charge in [0.25, 0.3) is 5.91 Å². The van der Waals surface area contributed by atoms with Gasteiger partial charge in [-0.25, -0.2) is 0 Å². The Kier molecular flexibility index (Phi) is 6.46. The maximum absolute atomic E-state index is 12.3. The normalized spacial score (nSPS) is 20.8. The minimum absolute atomic E-state index is 0.345. The number of amides is 3. The number of hydrogen-bond donors (Lipinski definition) is 1. The summed E-state index contributed by atoms with van der Waals surface area (Å²) in [5, 5.41) is 3.27. The maximum atomic E-state index is 12.3. The van der Waals surface area contributed by atoms with E-state index in [9.17, 15) is 19.2 Å². The number of nitrogens with zero attached hydrogens (tertiary/aromatic N) is 1. The van der Waals surface area contributed by atoms with E-state index in [4.69, 9.17) is 16.3 Å². The third kappa shape index (κ3) is 4.78. The Balaban J connectivity index is 1.39. The van der Waals surface area contributed by atoms with Crippen molar-refractivity contribution in [2.45, 2.75) is 19.3 Å². The smallest absolute Gasteiger partial charge is 0.326 e.